The molecular weight excluding hydrogens is 358 g/mol. The molecular formula is C14H7BrClN3S. The molecule has 0 aliphatic rings. The first-order valence-corrected chi connectivity index (χ1v) is 7.29. The molecule has 0 spiro atoms. The Balaban J connectivity index is 2.41. The van der Waals surface area contributed by atoms with Crippen molar-refractivity contribution in [1.29, 1.82) is 5.26 Å². The zero-order valence-electron chi connectivity index (χ0n) is 10.0. The van der Waals surface area contributed by atoms with Crippen LogP contribution in [-0.4, -0.2) is 9.55 Å². The Hall–Kier alpha value is -1.61. The van der Waals surface area contributed by atoms with Gasteiger partial charge in [-0.2, -0.15) is 5.26 Å². The number of fused-ring (bicyclic) bond motifs is 1. The van der Waals surface area contributed by atoms with Crippen molar-refractivity contribution < 1.29 is 0 Å². The first-order valence-electron chi connectivity index (χ1n) is 5.71. The number of hydrogen-bond acceptors (Lipinski definition) is 2. The number of aromatic nitrogens is 2. The average Bonchev–Trinajstić information content (AvgIpc) is 2.75. The third-order valence-electron chi connectivity index (χ3n) is 2.99. The standard InChI is InChI=1S/C14H7BrClN3S/c15-9-4-5-11(10(16)6-9)19-12-3-1-2-8(7-17)13(12)18-14(19)20/h1-6H,(H,18,20). The summed E-state index contributed by atoms with van der Waals surface area (Å²) in [7, 11) is 0. The van der Waals surface area contributed by atoms with E-state index in [-0.39, 0.29) is 0 Å². The van der Waals surface area contributed by atoms with Crippen molar-refractivity contribution in [1.82, 2.24) is 9.55 Å². The molecule has 0 aliphatic carbocycles. The summed E-state index contributed by atoms with van der Waals surface area (Å²) in [5.41, 5.74) is 2.89. The predicted octanol–water partition coefficient (Wildman–Crippen LogP) is 4.98. The van der Waals surface area contributed by atoms with Crippen LogP contribution in [0.3, 0.4) is 0 Å². The summed E-state index contributed by atoms with van der Waals surface area (Å²) in [5.74, 6) is 0. The number of hydrogen-bond donors (Lipinski definition) is 1. The highest BCUT2D eigenvalue weighted by Gasteiger charge is 2.12. The smallest absolute Gasteiger partial charge is 0.182 e. The normalized spacial score (nSPS) is 10.7. The Kier molecular flexibility index (Phi) is 3.38. The van der Waals surface area contributed by atoms with E-state index in [9.17, 15) is 0 Å². The Labute approximate surface area is 133 Å². The zero-order chi connectivity index (χ0) is 14.3. The molecule has 1 heterocycles. The van der Waals surface area contributed by atoms with Crippen LogP contribution in [0.4, 0.5) is 0 Å². The summed E-state index contributed by atoms with van der Waals surface area (Å²) in [6.07, 6.45) is 0. The van der Waals surface area contributed by atoms with Crippen molar-refractivity contribution in [2.75, 3.05) is 0 Å². The fourth-order valence-electron chi connectivity index (χ4n) is 2.13. The van der Waals surface area contributed by atoms with Gasteiger partial charge in [0.05, 0.1) is 27.3 Å². The van der Waals surface area contributed by atoms with Gasteiger partial charge in [-0.15, -0.1) is 0 Å². The van der Waals surface area contributed by atoms with Gasteiger partial charge in [-0.25, -0.2) is 0 Å². The van der Waals surface area contributed by atoms with Crippen molar-refractivity contribution >= 4 is 50.8 Å². The van der Waals surface area contributed by atoms with Gasteiger partial charge in [0.15, 0.2) is 4.77 Å². The van der Waals surface area contributed by atoms with Crippen molar-refractivity contribution in [3.63, 3.8) is 0 Å². The number of rotatable bonds is 1. The van der Waals surface area contributed by atoms with E-state index in [1.165, 1.54) is 0 Å². The van der Waals surface area contributed by atoms with Crippen LogP contribution < -0.4 is 0 Å². The number of para-hydroxylation sites is 1. The number of benzene rings is 2. The number of nitrogens with zero attached hydrogens (tertiary/aromatic N) is 2. The maximum atomic E-state index is 9.15. The predicted molar refractivity (Wildman–Crippen MR) is 85.9 cm³/mol. The van der Waals surface area contributed by atoms with Gasteiger partial charge in [0.25, 0.3) is 0 Å². The second-order valence-electron chi connectivity index (χ2n) is 4.17. The lowest BCUT2D eigenvalue weighted by Crippen LogP contribution is -1.95. The molecule has 0 saturated heterocycles. The summed E-state index contributed by atoms with van der Waals surface area (Å²) in [6, 6.07) is 13.2. The van der Waals surface area contributed by atoms with Crippen molar-refractivity contribution in [3.05, 3.63) is 56.2 Å². The minimum atomic E-state index is 0.506. The van der Waals surface area contributed by atoms with E-state index >= 15 is 0 Å². The van der Waals surface area contributed by atoms with Gasteiger partial charge in [0.2, 0.25) is 0 Å². The third-order valence-corrected chi connectivity index (χ3v) is 4.07. The maximum Gasteiger partial charge on any atom is 0.182 e. The second-order valence-corrected chi connectivity index (χ2v) is 5.88. The molecule has 0 saturated carbocycles. The Morgan fingerprint density at radius 2 is 2.10 bits per heavy atom. The van der Waals surface area contributed by atoms with Crippen LogP contribution >= 0.6 is 39.7 Å². The van der Waals surface area contributed by atoms with Gasteiger partial charge in [-0.3, -0.25) is 4.57 Å². The van der Waals surface area contributed by atoms with Crippen LogP contribution in [-0.2, 0) is 0 Å². The Morgan fingerprint density at radius 1 is 1.30 bits per heavy atom. The lowest BCUT2D eigenvalue weighted by atomic mass is 10.2. The summed E-state index contributed by atoms with van der Waals surface area (Å²) in [4.78, 5) is 3.07. The van der Waals surface area contributed by atoms with Crippen molar-refractivity contribution in [2.45, 2.75) is 0 Å². The summed E-state index contributed by atoms with van der Waals surface area (Å²) < 4.78 is 3.24. The van der Waals surface area contributed by atoms with Crippen LogP contribution in [0.25, 0.3) is 16.7 Å². The van der Waals surface area contributed by atoms with Crippen molar-refractivity contribution in [3.8, 4) is 11.8 Å². The molecule has 0 radical (unpaired) electrons. The average molecular weight is 365 g/mol. The van der Waals surface area contributed by atoms with E-state index < -0.39 is 0 Å². The molecule has 20 heavy (non-hydrogen) atoms. The van der Waals surface area contributed by atoms with Crippen LogP contribution in [0, 0.1) is 16.1 Å². The molecule has 98 valence electrons. The van der Waals surface area contributed by atoms with E-state index in [4.69, 9.17) is 29.1 Å². The van der Waals surface area contributed by atoms with Crippen LogP contribution in [0.15, 0.2) is 40.9 Å². The largest absolute Gasteiger partial charge is 0.329 e. The van der Waals surface area contributed by atoms with Gasteiger partial charge in [0.1, 0.15) is 6.07 Å². The highest BCUT2D eigenvalue weighted by molar-refractivity contribution is 9.10. The highest BCUT2D eigenvalue weighted by atomic mass is 79.9. The number of nitriles is 1. The molecule has 3 nitrogen and oxygen atoms in total. The minimum absolute atomic E-state index is 0.506. The van der Waals surface area contributed by atoms with E-state index in [0.717, 1.165) is 21.2 Å². The molecule has 1 N–H and O–H groups in total. The molecule has 0 fully saturated rings. The monoisotopic (exact) mass is 363 g/mol. The first-order chi connectivity index (χ1) is 9.61. The summed E-state index contributed by atoms with van der Waals surface area (Å²) in [5, 5.41) is 9.73. The highest BCUT2D eigenvalue weighted by Crippen LogP contribution is 2.29. The minimum Gasteiger partial charge on any atom is -0.329 e. The molecule has 0 unspecified atom stereocenters. The van der Waals surface area contributed by atoms with Crippen LogP contribution in [0.5, 0.6) is 0 Å². The first kappa shape index (κ1) is 13.4. The Bertz CT molecular complexity index is 920. The SMILES string of the molecule is N#Cc1cccc2c1[nH]c(=S)n2-c1ccc(Br)cc1Cl. The molecule has 2 aromatic carbocycles. The third kappa shape index (κ3) is 2.06. The lowest BCUT2D eigenvalue weighted by Gasteiger charge is -2.07. The van der Waals surface area contributed by atoms with Crippen LogP contribution in [0.2, 0.25) is 5.02 Å². The van der Waals surface area contributed by atoms with Crippen LogP contribution in [0.1, 0.15) is 5.56 Å². The number of aromatic amines is 1. The molecule has 3 aromatic rings. The van der Waals surface area contributed by atoms with E-state index in [0.29, 0.717) is 15.4 Å². The molecule has 0 amide bonds. The summed E-state index contributed by atoms with van der Waals surface area (Å²) in [6.45, 7) is 0. The number of nitrogens with one attached hydrogen (secondary N) is 1. The van der Waals surface area contributed by atoms with Crippen molar-refractivity contribution in [2.24, 2.45) is 0 Å². The maximum absolute atomic E-state index is 9.15. The molecule has 6 heteroatoms. The van der Waals surface area contributed by atoms with Gasteiger partial charge < -0.3 is 4.98 Å². The number of halogens is 2. The quantitative estimate of drug-likeness (QED) is 0.619. The topological polar surface area (TPSA) is 44.5 Å². The zero-order valence-corrected chi connectivity index (χ0v) is 13.2. The fraction of sp³-hybridized carbons (Fsp3) is 0. The molecule has 1 aromatic heterocycles. The number of H-pyrrole nitrogens is 1. The van der Waals surface area contributed by atoms with E-state index in [2.05, 4.69) is 27.0 Å². The molecule has 0 atom stereocenters. The van der Waals surface area contributed by atoms with Gasteiger partial charge in [0, 0.05) is 4.47 Å². The lowest BCUT2D eigenvalue weighted by molar-refractivity contribution is 1.06. The van der Waals surface area contributed by atoms with E-state index in [1.807, 2.05) is 34.9 Å². The Morgan fingerprint density at radius 3 is 2.80 bits per heavy atom. The van der Waals surface area contributed by atoms with E-state index in [1.54, 1.807) is 6.07 Å². The molecule has 3 rings (SSSR count). The second kappa shape index (κ2) is 5.06. The molecule has 0 aliphatic heterocycles. The van der Waals surface area contributed by atoms with Gasteiger partial charge >= 0.3 is 0 Å². The molecule has 0 bridgehead atoms. The fourth-order valence-corrected chi connectivity index (χ4v) is 3.18. The summed E-state index contributed by atoms with van der Waals surface area (Å²) >= 11 is 15.0. The van der Waals surface area contributed by atoms with Gasteiger partial charge in [-0.05, 0) is 42.5 Å². The van der Waals surface area contributed by atoms with Gasteiger partial charge in [-0.1, -0.05) is 33.6 Å². The number of imidazole rings is 1.